The monoisotopic (exact) mass is 427 g/mol. The minimum absolute atomic E-state index is 0.0600. The summed E-state index contributed by atoms with van der Waals surface area (Å²) >= 11 is 0. The van der Waals surface area contributed by atoms with Gasteiger partial charge in [0.2, 0.25) is 0 Å². The fraction of sp³-hybridized carbons (Fsp3) is 0.808. The molecule has 5 nitrogen and oxygen atoms in total. The molecule has 5 aliphatic rings. The van der Waals surface area contributed by atoms with Gasteiger partial charge in [-0.1, -0.05) is 30.7 Å². The second-order valence-corrected chi connectivity index (χ2v) is 11.6. The van der Waals surface area contributed by atoms with E-state index in [4.69, 9.17) is 9.57 Å². The second-order valence-electron chi connectivity index (χ2n) is 11.6. The summed E-state index contributed by atoms with van der Waals surface area (Å²) in [4.78, 5) is 27.9. The van der Waals surface area contributed by atoms with E-state index in [1.165, 1.54) is 39.5 Å². The fourth-order valence-electron chi connectivity index (χ4n) is 8.96. The first-order valence-corrected chi connectivity index (χ1v) is 12.2. The van der Waals surface area contributed by atoms with Crippen LogP contribution < -0.4 is 0 Å². The zero-order valence-corrected chi connectivity index (χ0v) is 19.7. The molecule has 0 aliphatic heterocycles. The topological polar surface area (TPSA) is 65.0 Å². The van der Waals surface area contributed by atoms with Crippen molar-refractivity contribution in [3.05, 3.63) is 11.6 Å². The Morgan fingerprint density at radius 2 is 1.84 bits per heavy atom. The van der Waals surface area contributed by atoms with E-state index in [2.05, 4.69) is 32.0 Å². The van der Waals surface area contributed by atoms with Gasteiger partial charge in [0, 0.05) is 25.7 Å². The molecule has 0 spiro atoms. The normalized spacial score (nSPS) is 47.8. The third-order valence-corrected chi connectivity index (χ3v) is 10.4. The van der Waals surface area contributed by atoms with Gasteiger partial charge in [-0.3, -0.25) is 4.79 Å². The lowest BCUT2D eigenvalue weighted by molar-refractivity contribution is -0.148. The molecular formula is C26H37NO4. The number of hydrogen-bond acceptors (Lipinski definition) is 5. The maximum atomic E-state index is 11.5. The Labute approximate surface area is 186 Å². The highest BCUT2D eigenvalue weighted by Gasteiger charge is 2.76. The molecule has 4 saturated carbocycles. The smallest absolute Gasteiger partial charge is 0.331 e. The number of fused-ring (bicyclic) bond motifs is 7. The van der Waals surface area contributed by atoms with Gasteiger partial charge in [0.1, 0.15) is 6.10 Å². The van der Waals surface area contributed by atoms with E-state index in [9.17, 15) is 9.59 Å². The van der Waals surface area contributed by atoms with Crippen molar-refractivity contribution < 1.29 is 19.2 Å². The van der Waals surface area contributed by atoms with Crippen LogP contribution in [0.25, 0.3) is 0 Å². The molecule has 0 aromatic rings. The van der Waals surface area contributed by atoms with Crippen LogP contribution in [0.1, 0.15) is 86.0 Å². The molecule has 0 heterocycles. The van der Waals surface area contributed by atoms with Crippen molar-refractivity contribution in [2.24, 2.45) is 45.1 Å². The summed E-state index contributed by atoms with van der Waals surface area (Å²) < 4.78 is 5.58. The predicted octanol–water partition coefficient (Wildman–Crippen LogP) is 5.44. The number of allylic oxidation sites excluding steroid dienone is 1. The minimum Gasteiger partial charge on any atom is -0.462 e. The molecule has 8 atom stereocenters. The molecule has 0 unspecified atom stereocenters. The summed E-state index contributed by atoms with van der Waals surface area (Å²) in [6.45, 7) is 10.0. The van der Waals surface area contributed by atoms with Crippen LogP contribution in [0.3, 0.4) is 0 Å². The fourth-order valence-corrected chi connectivity index (χ4v) is 8.96. The molecule has 0 saturated heterocycles. The van der Waals surface area contributed by atoms with Crippen molar-refractivity contribution in [1.82, 2.24) is 0 Å². The lowest BCUT2D eigenvalue weighted by Gasteiger charge is -2.59. The maximum Gasteiger partial charge on any atom is 0.331 e. The molecule has 5 aliphatic carbocycles. The Kier molecular flexibility index (Phi) is 4.74. The number of carbonyl (C=O) groups is 2. The van der Waals surface area contributed by atoms with E-state index in [0.29, 0.717) is 11.8 Å². The van der Waals surface area contributed by atoms with Crippen molar-refractivity contribution in [2.75, 3.05) is 0 Å². The van der Waals surface area contributed by atoms with Crippen LogP contribution >= 0.6 is 0 Å². The largest absolute Gasteiger partial charge is 0.462 e. The third kappa shape index (κ3) is 2.90. The van der Waals surface area contributed by atoms with Crippen molar-refractivity contribution in [2.45, 2.75) is 92.1 Å². The van der Waals surface area contributed by atoms with Gasteiger partial charge in [-0.2, -0.15) is 0 Å². The first-order valence-electron chi connectivity index (χ1n) is 12.2. The van der Waals surface area contributed by atoms with Crippen molar-refractivity contribution in [3.8, 4) is 0 Å². The van der Waals surface area contributed by atoms with Crippen LogP contribution in [0.4, 0.5) is 0 Å². The summed E-state index contributed by atoms with van der Waals surface area (Å²) in [7, 11) is 0. The summed E-state index contributed by atoms with van der Waals surface area (Å²) in [6.07, 6.45) is 11.8. The third-order valence-electron chi connectivity index (χ3n) is 10.4. The Balaban J connectivity index is 1.40. The van der Waals surface area contributed by atoms with Gasteiger partial charge in [0.05, 0.1) is 5.71 Å². The lowest BCUT2D eigenvalue weighted by Crippen LogP contribution is -2.52. The van der Waals surface area contributed by atoms with E-state index in [1.54, 1.807) is 5.57 Å². The summed E-state index contributed by atoms with van der Waals surface area (Å²) in [6, 6.07) is 0. The molecule has 0 N–H and O–H groups in total. The highest BCUT2D eigenvalue weighted by atomic mass is 16.7. The lowest BCUT2D eigenvalue weighted by atomic mass is 9.46. The van der Waals surface area contributed by atoms with Gasteiger partial charge >= 0.3 is 11.9 Å². The minimum atomic E-state index is -0.335. The predicted molar refractivity (Wildman–Crippen MR) is 118 cm³/mol. The number of oxime groups is 1. The molecular weight excluding hydrogens is 390 g/mol. The number of ether oxygens (including phenoxy) is 1. The highest BCUT2D eigenvalue weighted by molar-refractivity contribution is 5.92. The van der Waals surface area contributed by atoms with Gasteiger partial charge in [0.25, 0.3) is 0 Å². The molecule has 31 heavy (non-hydrogen) atoms. The Bertz CT molecular complexity index is 877. The van der Waals surface area contributed by atoms with Crippen LogP contribution in [-0.4, -0.2) is 23.8 Å². The molecule has 5 heteroatoms. The van der Waals surface area contributed by atoms with Gasteiger partial charge in [-0.15, -0.1) is 0 Å². The first-order chi connectivity index (χ1) is 14.6. The summed E-state index contributed by atoms with van der Waals surface area (Å²) in [5.41, 5.74) is 3.22. The van der Waals surface area contributed by atoms with Crippen LogP contribution in [-0.2, 0) is 19.2 Å². The van der Waals surface area contributed by atoms with Crippen LogP contribution in [0.15, 0.2) is 16.8 Å². The Morgan fingerprint density at radius 3 is 2.55 bits per heavy atom. The SMILES string of the molecule is CC(=O)ON=C(C)[C@]12C[C@@H]1C[C@@H]1[C@H]3CC=C4C[C@@H](OC(C)=O)CC[C@]4(C)[C@@H]3CC[C@@]12C. The molecule has 0 amide bonds. The van der Waals surface area contributed by atoms with E-state index >= 15 is 0 Å². The zero-order chi connectivity index (χ0) is 22.2. The summed E-state index contributed by atoms with van der Waals surface area (Å²) in [5, 5.41) is 4.28. The quantitative estimate of drug-likeness (QED) is 0.198. The van der Waals surface area contributed by atoms with Crippen LogP contribution in [0.2, 0.25) is 0 Å². The van der Waals surface area contributed by atoms with Crippen LogP contribution in [0, 0.1) is 39.9 Å². The maximum absolute atomic E-state index is 11.5. The average Bonchev–Trinajstić information content (AvgIpc) is 3.38. The number of carbonyl (C=O) groups excluding carboxylic acids is 2. The van der Waals surface area contributed by atoms with E-state index < -0.39 is 0 Å². The number of esters is 1. The van der Waals surface area contributed by atoms with Crippen molar-refractivity contribution in [1.29, 1.82) is 0 Å². The number of rotatable bonds is 3. The number of nitrogens with zero attached hydrogens (tertiary/aromatic N) is 1. The van der Waals surface area contributed by atoms with E-state index in [1.807, 2.05) is 0 Å². The molecule has 4 fully saturated rings. The second kappa shape index (κ2) is 6.92. The van der Waals surface area contributed by atoms with Gasteiger partial charge in [-0.05, 0) is 86.4 Å². The van der Waals surface area contributed by atoms with Crippen molar-refractivity contribution >= 4 is 17.7 Å². The van der Waals surface area contributed by atoms with Crippen LogP contribution in [0.5, 0.6) is 0 Å². The molecule has 0 aromatic carbocycles. The molecule has 170 valence electrons. The standard InChI is InChI=1S/C26H37NO4/c1-15(27-31-17(3)29)26-14-19(26)13-23-21-7-6-18-12-20(30-16(2)28)8-10-24(18,4)22(21)9-11-25(23,26)5/h6,19-23H,7-14H2,1-5H3/t19-,20-,21-,22+,23+,24-,25-,26+/m0/s1. The number of hydrogen-bond donors (Lipinski definition) is 0. The van der Waals surface area contributed by atoms with E-state index in [-0.39, 0.29) is 34.3 Å². The van der Waals surface area contributed by atoms with Gasteiger partial charge in [0.15, 0.2) is 0 Å². The Morgan fingerprint density at radius 1 is 1.06 bits per heavy atom. The van der Waals surface area contributed by atoms with Crippen molar-refractivity contribution in [3.63, 3.8) is 0 Å². The Hall–Kier alpha value is -1.65. The highest BCUT2D eigenvalue weighted by Crippen LogP contribution is 2.80. The van der Waals surface area contributed by atoms with E-state index in [0.717, 1.165) is 43.2 Å². The van der Waals surface area contributed by atoms with Gasteiger partial charge < -0.3 is 9.57 Å². The average molecular weight is 428 g/mol. The molecule has 0 radical (unpaired) electrons. The molecule has 0 aromatic heterocycles. The van der Waals surface area contributed by atoms with Gasteiger partial charge in [-0.25, -0.2) is 4.79 Å². The molecule has 0 bridgehead atoms. The zero-order valence-electron chi connectivity index (χ0n) is 19.7. The summed E-state index contributed by atoms with van der Waals surface area (Å²) in [5.74, 6) is 2.37. The molecule has 5 rings (SSSR count). The first kappa shape index (κ1) is 21.2.